The molecule has 0 bridgehead atoms. The average molecular weight is 517 g/mol. The highest BCUT2D eigenvalue weighted by molar-refractivity contribution is 9.10. The van der Waals surface area contributed by atoms with E-state index in [0.717, 1.165) is 12.1 Å². The number of benzene rings is 2. The molecule has 0 amide bonds. The van der Waals surface area contributed by atoms with Crippen molar-refractivity contribution < 1.29 is 27.4 Å². The van der Waals surface area contributed by atoms with Gasteiger partial charge in [-0.25, -0.2) is 13.2 Å². The number of anilines is 1. The van der Waals surface area contributed by atoms with Gasteiger partial charge >= 0.3 is 0 Å². The van der Waals surface area contributed by atoms with Crippen molar-refractivity contribution in [2.24, 2.45) is 0 Å². The Bertz CT molecular complexity index is 969. The number of morpholine rings is 1. The molecule has 0 saturated carbocycles. The molecule has 0 aliphatic carbocycles. The minimum Gasteiger partial charge on any atom is -0.485 e. The van der Waals surface area contributed by atoms with Crippen LogP contribution in [0.5, 0.6) is 5.75 Å². The van der Waals surface area contributed by atoms with Crippen LogP contribution in [0, 0.1) is 17.5 Å². The van der Waals surface area contributed by atoms with Gasteiger partial charge in [0.05, 0.1) is 12.3 Å². The van der Waals surface area contributed by atoms with E-state index in [0.29, 0.717) is 35.0 Å². The van der Waals surface area contributed by atoms with Crippen molar-refractivity contribution in [1.29, 1.82) is 0 Å². The van der Waals surface area contributed by atoms with Gasteiger partial charge in [-0.2, -0.15) is 0 Å². The maximum absolute atomic E-state index is 14.2. The Balaban J connectivity index is 1.60. The lowest BCUT2D eigenvalue weighted by atomic mass is 10.1. The Morgan fingerprint density at radius 3 is 2.65 bits per heavy atom. The van der Waals surface area contributed by atoms with Crippen LogP contribution in [0.1, 0.15) is 23.7 Å². The minimum absolute atomic E-state index is 0.0340. The van der Waals surface area contributed by atoms with E-state index in [4.69, 9.17) is 21.7 Å². The van der Waals surface area contributed by atoms with Crippen LogP contribution in [0.4, 0.5) is 18.9 Å². The van der Waals surface area contributed by atoms with Gasteiger partial charge in [-0.05, 0) is 58.5 Å². The number of rotatable bonds is 6. The average Bonchev–Trinajstić information content (AvgIpc) is 2.74. The number of nitrogens with one attached hydrogen (secondary N) is 1. The fraction of sp³-hybridized carbons (Fsp3) is 0.333. The Labute approximate surface area is 191 Å². The topological polar surface area (TPSA) is 50.8 Å². The van der Waals surface area contributed by atoms with Gasteiger partial charge in [-0.3, -0.25) is 4.79 Å². The van der Waals surface area contributed by atoms with E-state index in [2.05, 4.69) is 21.2 Å². The van der Waals surface area contributed by atoms with Gasteiger partial charge in [0.1, 0.15) is 18.5 Å². The van der Waals surface area contributed by atoms with Crippen molar-refractivity contribution >= 4 is 44.7 Å². The van der Waals surface area contributed by atoms with Crippen molar-refractivity contribution in [2.45, 2.75) is 19.4 Å². The summed E-state index contributed by atoms with van der Waals surface area (Å²) in [7, 11) is 0. The van der Waals surface area contributed by atoms with Gasteiger partial charge in [0.15, 0.2) is 28.3 Å². The van der Waals surface area contributed by atoms with Crippen LogP contribution in [0.3, 0.4) is 0 Å². The summed E-state index contributed by atoms with van der Waals surface area (Å²) in [6, 6.07) is 6.14. The highest BCUT2D eigenvalue weighted by atomic mass is 79.9. The van der Waals surface area contributed by atoms with E-state index in [-0.39, 0.29) is 30.2 Å². The lowest BCUT2D eigenvalue weighted by molar-refractivity contribution is -0.0291. The highest BCUT2D eigenvalue weighted by Gasteiger charge is 2.25. The summed E-state index contributed by atoms with van der Waals surface area (Å²) < 4.78 is 53.2. The molecule has 1 N–H and O–H groups in total. The third kappa shape index (κ3) is 5.96. The second kappa shape index (κ2) is 10.4. The summed E-state index contributed by atoms with van der Waals surface area (Å²) in [4.78, 5) is 13.5. The van der Waals surface area contributed by atoms with Gasteiger partial charge in [0.2, 0.25) is 0 Å². The van der Waals surface area contributed by atoms with Gasteiger partial charge < -0.3 is 19.7 Å². The van der Waals surface area contributed by atoms with Gasteiger partial charge in [-0.1, -0.05) is 6.92 Å². The zero-order valence-corrected chi connectivity index (χ0v) is 19.0. The first-order valence-electron chi connectivity index (χ1n) is 9.56. The first kappa shape index (κ1) is 23.5. The molecule has 0 spiro atoms. The number of hydrogen-bond acceptors (Lipinski definition) is 4. The second-order valence-electron chi connectivity index (χ2n) is 6.85. The largest absolute Gasteiger partial charge is 0.485 e. The van der Waals surface area contributed by atoms with Crippen LogP contribution < -0.4 is 10.1 Å². The molecule has 0 radical (unpaired) electrons. The third-order valence-corrected chi connectivity index (χ3v) is 5.67. The maximum atomic E-state index is 14.2. The number of hydrogen-bond donors (Lipinski definition) is 1. The van der Waals surface area contributed by atoms with Gasteiger partial charge in [0, 0.05) is 29.5 Å². The standard InChI is InChI=1S/C21H20BrF3N2O3S/c1-2-19(28)12-7-16(24)20(17(25)8-12)30-11-14-10-27(5-6-29-14)21(31)26-18-4-3-13(23)9-15(18)22/h3-4,7-9,14H,2,5-6,10-11H2,1H3,(H,26,31). The molecule has 31 heavy (non-hydrogen) atoms. The molecule has 1 atom stereocenters. The predicted octanol–water partition coefficient (Wildman–Crippen LogP) is 4.94. The summed E-state index contributed by atoms with van der Waals surface area (Å²) in [6.07, 6.45) is -0.339. The molecular weight excluding hydrogens is 497 g/mol. The molecule has 1 saturated heterocycles. The van der Waals surface area contributed by atoms with Crippen molar-refractivity contribution in [1.82, 2.24) is 4.90 Å². The summed E-state index contributed by atoms with van der Waals surface area (Å²) in [6.45, 7) is 2.70. The van der Waals surface area contributed by atoms with Crippen molar-refractivity contribution in [3.8, 4) is 5.75 Å². The zero-order chi connectivity index (χ0) is 22.5. The van der Waals surface area contributed by atoms with Crippen LogP contribution in [0.25, 0.3) is 0 Å². The van der Waals surface area contributed by atoms with Crippen molar-refractivity contribution in [3.05, 3.63) is 57.8 Å². The van der Waals surface area contributed by atoms with Crippen molar-refractivity contribution in [3.63, 3.8) is 0 Å². The van der Waals surface area contributed by atoms with Crippen LogP contribution in [0.15, 0.2) is 34.8 Å². The molecule has 1 aliphatic heterocycles. The summed E-state index contributed by atoms with van der Waals surface area (Å²) in [5, 5.41) is 3.44. The van der Waals surface area contributed by atoms with Crippen molar-refractivity contribution in [2.75, 3.05) is 31.6 Å². The number of thiocarbonyl (C=S) groups is 1. The van der Waals surface area contributed by atoms with Crippen LogP contribution in [-0.2, 0) is 4.74 Å². The molecule has 1 unspecified atom stereocenters. The lowest BCUT2D eigenvalue weighted by Crippen LogP contribution is -2.49. The Morgan fingerprint density at radius 1 is 1.29 bits per heavy atom. The molecule has 1 aliphatic rings. The second-order valence-corrected chi connectivity index (χ2v) is 8.09. The molecule has 166 valence electrons. The SMILES string of the molecule is CCC(=O)c1cc(F)c(OCC2CN(C(=S)Nc3ccc(F)cc3Br)CCO2)c(F)c1. The van der Waals surface area contributed by atoms with Crippen LogP contribution >= 0.6 is 28.1 Å². The number of carbonyl (C=O) groups is 1. The summed E-state index contributed by atoms with van der Waals surface area (Å²) in [5.41, 5.74) is 0.574. The molecule has 1 fully saturated rings. The normalized spacial score (nSPS) is 16.2. The first-order chi connectivity index (χ1) is 14.8. The molecule has 5 nitrogen and oxygen atoms in total. The number of ether oxygens (including phenoxy) is 2. The summed E-state index contributed by atoms with van der Waals surface area (Å²) >= 11 is 8.70. The first-order valence-corrected chi connectivity index (χ1v) is 10.8. The van der Waals surface area contributed by atoms with E-state index in [9.17, 15) is 18.0 Å². The summed E-state index contributed by atoms with van der Waals surface area (Å²) in [5.74, 6) is -3.17. The van der Waals surface area contributed by atoms with Gasteiger partial charge in [-0.15, -0.1) is 0 Å². The Morgan fingerprint density at radius 2 is 2.00 bits per heavy atom. The Kier molecular flexibility index (Phi) is 7.90. The zero-order valence-electron chi connectivity index (χ0n) is 16.6. The van der Waals surface area contributed by atoms with Crippen LogP contribution in [-0.4, -0.2) is 48.2 Å². The monoisotopic (exact) mass is 516 g/mol. The van der Waals surface area contributed by atoms with E-state index < -0.39 is 23.5 Å². The number of carbonyl (C=O) groups excluding carboxylic acids is 1. The molecular formula is C21H20BrF3N2O3S. The van der Waals surface area contributed by atoms with E-state index in [1.54, 1.807) is 13.0 Å². The van der Waals surface area contributed by atoms with E-state index >= 15 is 0 Å². The highest BCUT2D eigenvalue weighted by Crippen LogP contribution is 2.26. The van der Waals surface area contributed by atoms with E-state index in [1.807, 2.05) is 4.90 Å². The molecule has 2 aromatic rings. The minimum atomic E-state index is -0.942. The lowest BCUT2D eigenvalue weighted by Gasteiger charge is -2.34. The predicted molar refractivity (Wildman–Crippen MR) is 118 cm³/mol. The van der Waals surface area contributed by atoms with E-state index in [1.165, 1.54) is 12.1 Å². The molecule has 1 heterocycles. The third-order valence-electron chi connectivity index (χ3n) is 4.65. The Hall–Kier alpha value is -2.17. The molecule has 10 heteroatoms. The number of nitrogens with zero attached hydrogens (tertiary/aromatic N) is 1. The molecule has 0 aromatic heterocycles. The number of Topliss-reactive ketones (excluding diaryl/α,β-unsaturated/α-hetero) is 1. The smallest absolute Gasteiger partial charge is 0.190 e. The number of ketones is 1. The number of halogens is 4. The quantitative estimate of drug-likeness (QED) is 0.433. The molecule has 2 aromatic carbocycles. The fourth-order valence-corrected chi connectivity index (χ4v) is 3.75. The fourth-order valence-electron chi connectivity index (χ4n) is 3.03. The molecule has 3 rings (SSSR count). The maximum Gasteiger partial charge on any atom is 0.190 e. The van der Waals surface area contributed by atoms with Gasteiger partial charge in [0.25, 0.3) is 0 Å². The van der Waals surface area contributed by atoms with Crippen LogP contribution in [0.2, 0.25) is 0 Å².